The molecular formula is C13H15NO3. The number of carbonyl (C=O) groups is 2. The number of carboxylic acids is 1. The minimum Gasteiger partial charge on any atom is -0.481 e. The van der Waals surface area contributed by atoms with Gasteiger partial charge in [-0.25, -0.2) is 0 Å². The van der Waals surface area contributed by atoms with Crippen LogP contribution in [0.3, 0.4) is 0 Å². The van der Waals surface area contributed by atoms with E-state index in [1.165, 1.54) is 0 Å². The van der Waals surface area contributed by atoms with Crippen molar-refractivity contribution in [1.29, 1.82) is 0 Å². The van der Waals surface area contributed by atoms with Gasteiger partial charge in [-0.1, -0.05) is 6.07 Å². The molecule has 1 aliphatic rings. The Hall–Kier alpha value is -1.84. The van der Waals surface area contributed by atoms with Crippen molar-refractivity contribution < 1.29 is 14.7 Å². The van der Waals surface area contributed by atoms with E-state index in [4.69, 9.17) is 5.11 Å². The fraction of sp³-hybridized carbons (Fsp3) is 0.385. The summed E-state index contributed by atoms with van der Waals surface area (Å²) in [7, 11) is 0. The molecule has 1 aromatic carbocycles. The smallest absolute Gasteiger partial charge is 0.303 e. The summed E-state index contributed by atoms with van der Waals surface area (Å²) in [4.78, 5) is 22.0. The third-order valence-electron chi connectivity index (χ3n) is 3.26. The molecule has 4 heteroatoms. The number of benzene rings is 1. The lowest BCUT2D eigenvalue weighted by Gasteiger charge is -2.13. The number of carboxylic acid groups (broad SMARTS) is 1. The maximum Gasteiger partial charge on any atom is 0.303 e. The van der Waals surface area contributed by atoms with E-state index in [1.54, 1.807) is 0 Å². The number of amides is 1. The predicted octanol–water partition coefficient (Wildman–Crippen LogP) is 1.82. The molecule has 0 atom stereocenters. The van der Waals surface area contributed by atoms with Gasteiger partial charge < -0.3 is 10.4 Å². The molecule has 0 aliphatic carbocycles. The lowest BCUT2D eigenvalue weighted by molar-refractivity contribution is -0.137. The number of carbonyl (C=O) groups excluding carboxylic acids is 1. The monoisotopic (exact) mass is 233 g/mol. The Kier molecular flexibility index (Phi) is 2.88. The van der Waals surface area contributed by atoms with Crippen LogP contribution >= 0.6 is 0 Å². The van der Waals surface area contributed by atoms with Crippen LogP contribution in [-0.2, 0) is 22.4 Å². The first-order valence-corrected chi connectivity index (χ1v) is 5.62. The summed E-state index contributed by atoms with van der Waals surface area (Å²) in [5.74, 6) is -0.828. The van der Waals surface area contributed by atoms with Crippen molar-refractivity contribution in [2.75, 3.05) is 5.32 Å². The Labute approximate surface area is 99.6 Å². The number of nitrogens with one attached hydrogen (secondary N) is 1. The number of hydrogen-bond acceptors (Lipinski definition) is 2. The van der Waals surface area contributed by atoms with Crippen LogP contribution in [0.5, 0.6) is 0 Å². The molecule has 1 aromatic rings. The topological polar surface area (TPSA) is 66.4 Å². The van der Waals surface area contributed by atoms with Crippen molar-refractivity contribution >= 4 is 17.6 Å². The molecule has 4 nitrogen and oxygen atoms in total. The fourth-order valence-corrected chi connectivity index (χ4v) is 2.26. The average molecular weight is 233 g/mol. The van der Waals surface area contributed by atoms with Crippen LogP contribution in [0.15, 0.2) is 6.07 Å². The third kappa shape index (κ3) is 2.16. The largest absolute Gasteiger partial charge is 0.481 e. The highest BCUT2D eigenvalue weighted by molar-refractivity contribution is 6.00. The van der Waals surface area contributed by atoms with E-state index >= 15 is 0 Å². The van der Waals surface area contributed by atoms with Gasteiger partial charge in [-0.05, 0) is 42.5 Å². The molecule has 1 heterocycles. The molecule has 0 bridgehead atoms. The number of rotatable bonds is 3. The summed E-state index contributed by atoms with van der Waals surface area (Å²) < 4.78 is 0. The highest BCUT2D eigenvalue weighted by Crippen LogP contribution is 2.32. The van der Waals surface area contributed by atoms with Gasteiger partial charge in [0.2, 0.25) is 5.91 Å². The summed E-state index contributed by atoms with van der Waals surface area (Å²) >= 11 is 0. The van der Waals surface area contributed by atoms with Crippen LogP contribution < -0.4 is 5.32 Å². The zero-order valence-corrected chi connectivity index (χ0v) is 9.96. The SMILES string of the molecule is Cc1cc2c(c(CCC(=O)O)c1C)NC(=O)C2. The Balaban J connectivity index is 2.42. The van der Waals surface area contributed by atoms with Gasteiger partial charge >= 0.3 is 5.97 Å². The summed E-state index contributed by atoms with van der Waals surface area (Å²) in [5.41, 5.74) is 4.97. The molecule has 2 N–H and O–H groups in total. The third-order valence-corrected chi connectivity index (χ3v) is 3.26. The van der Waals surface area contributed by atoms with Crippen molar-refractivity contribution in [2.45, 2.75) is 33.1 Å². The number of aryl methyl sites for hydroxylation is 1. The Morgan fingerprint density at radius 2 is 2.18 bits per heavy atom. The number of hydrogen-bond donors (Lipinski definition) is 2. The molecular weight excluding hydrogens is 218 g/mol. The molecule has 1 amide bonds. The number of aliphatic carboxylic acids is 1. The van der Waals surface area contributed by atoms with E-state index in [0.717, 1.165) is 27.9 Å². The van der Waals surface area contributed by atoms with Crippen LogP contribution in [0.25, 0.3) is 0 Å². The van der Waals surface area contributed by atoms with Gasteiger partial charge in [0.15, 0.2) is 0 Å². The molecule has 90 valence electrons. The van der Waals surface area contributed by atoms with E-state index in [0.29, 0.717) is 12.8 Å². The Bertz CT molecular complexity index is 506. The second kappa shape index (κ2) is 4.20. The molecule has 17 heavy (non-hydrogen) atoms. The zero-order valence-electron chi connectivity index (χ0n) is 9.96. The summed E-state index contributed by atoms with van der Waals surface area (Å²) in [5, 5.41) is 11.6. The standard InChI is InChI=1S/C13H15NO3/c1-7-5-9-6-11(15)14-13(9)10(8(7)2)3-4-12(16)17/h5H,3-4,6H2,1-2H3,(H,14,15)(H,16,17). The van der Waals surface area contributed by atoms with Gasteiger partial charge in [0, 0.05) is 12.1 Å². The van der Waals surface area contributed by atoms with Crippen LogP contribution in [0.1, 0.15) is 28.7 Å². The molecule has 2 rings (SSSR count). The fourth-order valence-electron chi connectivity index (χ4n) is 2.26. The van der Waals surface area contributed by atoms with Crippen molar-refractivity contribution in [3.05, 3.63) is 28.3 Å². The van der Waals surface area contributed by atoms with Crippen LogP contribution in [0.4, 0.5) is 5.69 Å². The maximum absolute atomic E-state index is 11.4. The van der Waals surface area contributed by atoms with E-state index < -0.39 is 5.97 Å². The van der Waals surface area contributed by atoms with Crippen molar-refractivity contribution in [3.63, 3.8) is 0 Å². The molecule has 0 radical (unpaired) electrons. The lowest BCUT2D eigenvalue weighted by atomic mass is 9.94. The summed E-state index contributed by atoms with van der Waals surface area (Å²) in [6.07, 6.45) is 0.953. The van der Waals surface area contributed by atoms with Gasteiger partial charge in [-0.3, -0.25) is 9.59 Å². The number of anilines is 1. The lowest BCUT2D eigenvalue weighted by Crippen LogP contribution is -2.07. The van der Waals surface area contributed by atoms with Crippen LogP contribution in [-0.4, -0.2) is 17.0 Å². The van der Waals surface area contributed by atoms with Crippen molar-refractivity contribution in [2.24, 2.45) is 0 Å². The van der Waals surface area contributed by atoms with E-state index in [-0.39, 0.29) is 12.3 Å². The van der Waals surface area contributed by atoms with Crippen LogP contribution in [0, 0.1) is 13.8 Å². The van der Waals surface area contributed by atoms with Gasteiger partial charge in [0.05, 0.1) is 6.42 Å². The first-order chi connectivity index (χ1) is 7.99. The molecule has 0 unspecified atom stereocenters. The van der Waals surface area contributed by atoms with Crippen molar-refractivity contribution in [3.8, 4) is 0 Å². The molecule has 0 saturated carbocycles. The highest BCUT2D eigenvalue weighted by Gasteiger charge is 2.23. The van der Waals surface area contributed by atoms with E-state index in [1.807, 2.05) is 19.9 Å². The maximum atomic E-state index is 11.4. The van der Waals surface area contributed by atoms with Gasteiger partial charge in [0.1, 0.15) is 0 Å². The zero-order chi connectivity index (χ0) is 12.6. The van der Waals surface area contributed by atoms with Gasteiger partial charge in [0.25, 0.3) is 0 Å². The predicted molar refractivity (Wildman–Crippen MR) is 64.2 cm³/mol. The molecule has 0 spiro atoms. The van der Waals surface area contributed by atoms with Gasteiger partial charge in [-0.15, -0.1) is 0 Å². The first kappa shape index (κ1) is 11.6. The van der Waals surface area contributed by atoms with Crippen LogP contribution in [0.2, 0.25) is 0 Å². The Morgan fingerprint density at radius 1 is 1.47 bits per heavy atom. The van der Waals surface area contributed by atoms with Gasteiger partial charge in [-0.2, -0.15) is 0 Å². The minimum absolute atomic E-state index is 0.0124. The van der Waals surface area contributed by atoms with Crippen molar-refractivity contribution in [1.82, 2.24) is 0 Å². The highest BCUT2D eigenvalue weighted by atomic mass is 16.4. The summed E-state index contributed by atoms with van der Waals surface area (Å²) in [6.45, 7) is 3.96. The van der Waals surface area contributed by atoms with E-state index in [2.05, 4.69) is 5.32 Å². The normalized spacial score (nSPS) is 13.4. The first-order valence-electron chi connectivity index (χ1n) is 5.62. The average Bonchev–Trinajstić information content (AvgIpc) is 2.58. The second-order valence-corrected chi connectivity index (χ2v) is 4.45. The molecule has 0 saturated heterocycles. The summed E-state index contributed by atoms with van der Waals surface area (Å²) in [6, 6.07) is 2.01. The molecule has 0 aromatic heterocycles. The Morgan fingerprint density at radius 3 is 2.82 bits per heavy atom. The second-order valence-electron chi connectivity index (χ2n) is 4.45. The quantitative estimate of drug-likeness (QED) is 0.836. The van der Waals surface area contributed by atoms with E-state index in [9.17, 15) is 9.59 Å². The molecule has 0 fully saturated rings. The molecule has 1 aliphatic heterocycles. The minimum atomic E-state index is -0.816. The number of fused-ring (bicyclic) bond motifs is 1.